The number of anilines is 1. The molecule has 0 aliphatic rings. The summed E-state index contributed by atoms with van der Waals surface area (Å²) in [6.45, 7) is 9.46. The normalized spacial score (nSPS) is 9.52. The first-order valence-corrected chi connectivity index (χ1v) is 8.14. The van der Waals surface area contributed by atoms with Gasteiger partial charge in [-0.2, -0.15) is 0 Å². The van der Waals surface area contributed by atoms with Crippen molar-refractivity contribution in [1.29, 1.82) is 0 Å². The predicted octanol–water partition coefficient (Wildman–Crippen LogP) is 5.78. The van der Waals surface area contributed by atoms with E-state index in [0.717, 1.165) is 12.1 Å². The summed E-state index contributed by atoms with van der Waals surface area (Å²) in [5, 5.41) is 2.91. The lowest BCUT2D eigenvalue weighted by molar-refractivity contribution is 0.102. The average Bonchev–Trinajstić information content (AvgIpc) is 2.56. The number of carbonyl (C=O) groups is 1. The molecule has 0 saturated carbocycles. The Labute approximate surface area is 140 Å². The summed E-state index contributed by atoms with van der Waals surface area (Å²) in [4.78, 5) is 12.1. The number of unbranched alkanes of at least 4 members (excludes halogenated alkanes) is 1. The first kappa shape index (κ1) is 18.7. The zero-order valence-corrected chi connectivity index (χ0v) is 14.4. The number of hydrogen-bond donors (Lipinski definition) is 1. The molecule has 1 N–H and O–H groups in total. The SMILES string of the molecule is C=CC.CCCCc1ccc(C(=O)Nc2ccc(C)cc2)cc1. The number of benzene rings is 2. The second-order valence-corrected chi connectivity index (χ2v) is 5.53. The van der Waals surface area contributed by atoms with E-state index in [9.17, 15) is 4.79 Å². The highest BCUT2D eigenvalue weighted by molar-refractivity contribution is 6.04. The highest BCUT2D eigenvalue weighted by Gasteiger charge is 2.05. The van der Waals surface area contributed by atoms with Gasteiger partial charge >= 0.3 is 0 Å². The second-order valence-electron chi connectivity index (χ2n) is 5.53. The molecule has 23 heavy (non-hydrogen) atoms. The van der Waals surface area contributed by atoms with Crippen LogP contribution in [0.2, 0.25) is 0 Å². The average molecular weight is 309 g/mol. The van der Waals surface area contributed by atoms with Gasteiger partial charge in [0.25, 0.3) is 5.91 Å². The fourth-order valence-corrected chi connectivity index (χ4v) is 2.04. The van der Waals surface area contributed by atoms with Crippen molar-refractivity contribution >= 4 is 11.6 Å². The molecule has 2 rings (SSSR count). The van der Waals surface area contributed by atoms with Gasteiger partial charge in [0.2, 0.25) is 0 Å². The van der Waals surface area contributed by atoms with Crippen LogP contribution in [0, 0.1) is 6.92 Å². The number of aryl methyl sites for hydroxylation is 2. The number of allylic oxidation sites excluding steroid dienone is 1. The third-order valence-corrected chi connectivity index (χ3v) is 3.34. The van der Waals surface area contributed by atoms with Crippen LogP contribution in [0.5, 0.6) is 0 Å². The van der Waals surface area contributed by atoms with Crippen LogP contribution in [0.15, 0.2) is 61.2 Å². The summed E-state index contributed by atoms with van der Waals surface area (Å²) in [5.74, 6) is -0.0594. The molecule has 1 amide bonds. The van der Waals surface area contributed by atoms with E-state index in [1.54, 1.807) is 6.08 Å². The minimum Gasteiger partial charge on any atom is -0.322 e. The zero-order valence-electron chi connectivity index (χ0n) is 14.4. The molecule has 0 saturated heterocycles. The van der Waals surface area contributed by atoms with Crippen LogP contribution in [0.4, 0.5) is 5.69 Å². The van der Waals surface area contributed by atoms with Crippen LogP contribution in [0.1, 0.15) is 48.2 Å². The lowest BCUT2D eigenvalue weighted by Crippen LogP contribution is -2.11. The van der Waals surface area contributed by atoms with Gasteiger partial charge in [0, 0.05) is 11.3 Å². The highest BCUT2D eigenvalue weighted by atomic mass is 16.1. The van der Waals surface area contributed by atoms with Gasteiger partial charge < -0.3 is 5.32 Å². The van der Waals surface area contributed by atoms with Crippen LogP contribution in [0.3, 0.4) is 0 Å². The van der Waals surface area contributed by atoms with Crippen LogP contribution >= 0.6 is 0 Å². The van der Waals surface area contributed by atoms with Crippen molar-refractivity contribution < 1.29 is 4.79 Å². The monoisotopic (exact) mass is 309 g/mol. The third-order valence-electron chi connectivity index (χ3n) is 3.34. The molecule has 0 bridgehead atoms. The molecule has 2 heteroatoms. The number of amides is 1. The molecular formula is C21H27NO. The van der Waals surface area contributed by atoms with Gasteiger partial charge in [-0.25, -0.2) is 0 Å². The van der Waals surface area contributed by atoms with Crippen LogP contribution in [-0.4, -0.2) is 5.91 Å². The molecule has 0 aromatic heterocycles. The standard InChI is InChI=1S/C18H21NO.C3H6/c1-3-4-5-15-8-10-16(11-9-15)18(20)19-17-12-6-14(2)7-13-17;1-3-2/h6-13H,3-5H2,1-2H3,(H,19,20);3H,1H2,2H3. The van der Waals surface area contributed by atoms with E-state index in [-0.39, 0.29) is 5.91 Å². The van der Waals surface area contributed by atoms with Gasteiger partial charge in [0.15, 0.2) is 0 Å². The van der Waals surface area contributed by atoms with E-state index in [4.69, 9.17) is 0 Å². The third kappa shape index (κ3) is 6.96. The van der Waals surface area contributed by atoms with E-state index >= 15 is 0 Å². The topological polar surface area (TPSA) is 29.1 Å². The largest absolute Gasteiger partial charge is 0.322 e. The summed E-state index contributed by atoms with van der Waals surface area (Å²) >= 11 is 0. The Balaban J connectivity index is 0.000000816. The smallest absolute Gasteiger partial charge is 0.255 e. The van der Waals surface area contributed by atoms with Crippen LogP contribution < -0.4 is 5.32 Å². The number of carbonyl (C=O) groups excluding carboxylic acids is 1. The molecule has 2 nitrogen and oxygen atoms in total. The van der Waals surface area contributed by atoms with Crippen molar-refractivity contribution in [1.82, 2.24) is 0 Å². The fourth-order valence-electron chi connectivity index (χ4n) is 2.04. The van der Waals surface area contributed by atoms with Crippen molar-refractivity contribution in [2.24, 2.45) is 0 Å². The maximum Gasteiger partial charge on any atom is 0.255 e. The molecule has 0 heterocycles. The number of hydrogen-bond acceptors (Lipinski definition) is 1. The van der Waals surface area contributed by atoms with Crippen molar-refractivity contribution in [2.45, 2.75) is 40.0 Å². The van der Waals surface area contributed by atoms with E-state index in [1.807, 2.05) is 62.4 Å². The minimum atomic E-state index is -0.0594. The van der Waals surface area contributed by atoms with Gasteiger partial charge in [-0.1, -0.05) is 49.2 Å². The van der Waals surface area contributed by atoms with Gasteiger partial charge in [-0.05, 0) is 56.5 Å². The van der Waals surface area contributed by atoms with Crippen LogP contribution in [0.25, 0.3) is 0 Å². The van der Waals surface area contributed by atoms with Crippen molar-refractivity contribution in [3.05, 3.63) is 77.9 Å². The van der Waals surface area contributed by atoms with Crippen molar-refractivity contribution in [3.63, 3.8) is 0 Å². The molecule has 122 valence electrons. The summed E-state index contributed by atoms with van der Waals surface area (Å²) in [6.07, 6.45) is 5.21. The number of rotatable bonds is 5. The maximum absolute atomic E-state index is 12.1. The Morgan fingerprint density at radius 1 is 1.09 bits per heavy atom. The van der Waals surface area contributed by atoms with Gasteiger partial charge in [0.05, 0.1) is 0 Å². The van der Waals surface area contributed by atoms with E-state index in [1.165, 1.54) is 24.0 Å². The Kier molecular flexibility index (Phi) is 8.45. The Morgan fingerprint density at radius 3 is 2.17 bits per heavy atom. The van der Waals surface area contributed by atoms with Crippen LogP contribution in [-0.2, 0) is 6.42 Å². The summed E-state index contributed by atoms with van der Waals surface area (Å²) in [6, 6.07) is 15.7. The molecule has 2 aromatic carbocycles. The molecule has 2 aromatic rings. The van der Waals surface area contributed by atoms with Crippen molar-refractivity contribution in [2.75, 3.05) is 5.32 Å². The van der Waals surface area contributed by atoms with E-state index < -0.39 is 0 Å². The van der Waals surface area contributed by atoms with Crippen molar-refractivity contribution in [3.8, 4) is 0 Å². The molecule has 0 atom stereocenters. The predicted molar refractivity (Wildman–Crippen MR) is 100 cm³/mol. The van der Waals surface area contributed by atoms with Gasteiger partial charge in [0.1, 0.15) is 0 Å². The Bertz CT molecular complexity index is 597. The van der Waals surface area contributed by atoms with Gasteiger partial charge in [-0.15, -0.1) is 6.58 Å². The molecule has 0 spiro atoms. The summed E-state index contributed by atoms with van der Waals surface area (Å²) < 4.78 is 0. The molecule has 0 unspecified atom stereocenters. The summed E-state index contributed by atoms with van der Waals surface area (Å²) in [7, 11) is 0. The van der Waals surface area contributed by atoms with Gasteiger partial charge in [-0.3, -0.25) is 4.79 Å². The molecule has 0 aliphatic carbocycles. The Hall–Kier alpha value is -2.35. The lowest BCUT2D eigenvalue weighted by atomic mass is 10.1. The van der Waals surface area contributed by atoms with E-state index in [0.29, 0.717) is 5.56 Å². The number of nitrogens with one attached hydrogen (secondary N) is 1. The maximum atomic E-state index is 12.1. The lowest BCUT2D eigenvalue weighted by Gasteiger charge is -2.06. The first-order chi connectivity index (χ1) is 11.1. The second kappa shape index (κ2) is 10.4. The molecule has 0 aliphatic heterocycles. The Morgan fingerprint density at radius 2 is 1.65 bits per heavy atom. The minimum absolute atomic E-state index is 0.0594. The highest BCUT2D eigenvalue weighted by Crippen LogP contribution is 2.12. The molecule has 0 radical (unpaired) electrons. The zero-order chi connectivity index (χ0) is 17.1. The first-order valence-electron chi connectivity index (χ1n) is 8.14. The molecular weight excluding hydrogens is 282 g/mol. The molecule has 0 fully saturated rings. The fraction of sp³-hybridized carbons (Fsp3) is 0.286. The van der Waals surface area contributed by atoms with E-state index in [2.05, 4.69) is 18.8 Å². The quantitative estimate of drug-likeness (QED) is 0.697. The summed E-state index contributed by atoms with van der Waals surface area (Å²) in [5.41, 5.74) is 4.00.